The minimum atomic E-state index is 0.103. The number of ketones is 1. The van der Waals surface area contributed by atoms with Gasteiger partial charge in [0.05, 0.1) is 12.2 Å². The second kappa shape index (κ2) is 1.92. The van der Waals surface area contributed by atoms with E-state index in [1.54, 1.807) is 0 Å². The predicted molar refractivity (Wildman–Crippen MR) is 36.7 cm³/mol. The molecular formula is C8H10O2. The molecule has 0 saturated carbocycles. The zero-order chi connectivity index (χ0) is 7.14. The van der Waals surface area contributed by atoms with Gasteiger partial charge in [-0.05, 0) is 12.5 Å². The van der Waals surface area contributed by atoms with Crippen LogP contribution in [0.3, 0.4) is 0 Å². The van der Waals surface area contributed by atoms with Gasteiger partial charge in [-0.1, -0.05) is 6.08 Å². The highest BCUT2D eigenvalue weighted by Crippen LogP contribution is 2.29. The van der Waals surface area contributed by atoms with Crippen molar-refractivity contribution in [3.05, 3.63) is 11.6 Å². The van der Waals surface area contributed by atoms with Crippen LogP contribution in [0.5, 0.6) is 0 Å². The van der Waals surface area contributed by atoms with Gasteiger partial charge in [-0.25, -0.2) is 0 Å². The average Bonchev–Trinajstić information content (AvgIpc) is 2.07. The maximum Gasteiger partial charge on any atom is 0.138 e. The molecule has 2 nitrogen and oxygen atoms in total. The fraction of sp³-hybridized carbons (Fsp3) is 0.625. The molecule has 0 amide bonds. The monoisotopic (exact) mass is 138 g/mol. The van der Waals surface area contributed by atoms with E-state index in [0.717, 1.165) is 0 Å². The predicted octanol–water partition coefficient (Wildman–Crippen LogP) is 1.06. The Hall–Kier alpha value is -0.630. The number of hydrogen-bond donors (Lipinski definition) is 0. The van der Waals surface area contributed by atoms with Crippen LogP contribution in [0.2, 0.25) is 0 Å². The molecule has 0 aromatic carbocycles. The van der Waals surface area contributed by atoms with Gasteiger partial charge in [-0.2, -0.15) is 0 Å². The molecule has 2 heteroatoms. The molecule has 2 aliphatic rings. The summed E-state index contributed by atoms with van der Waals surface area (Å²) in [6.45, 7) is 2.03. The summed E-state index contributed by atoms with van der Waals surface area (Å²) in [6, 6.07) is 0. The Morgan fingerprint density at radius 2 is 2.40 bits per heavy atom. The maximum atomic E-state index is 11.0. The van der Waals surface area contributed by atoms with Crippen molar-refractivity contribution in [1.82, 2.24) is 0 Å². The summed E-state index contributed by atoms with van der Waals surface area (Å²) in [5.74, 6) is 0.342. The van der Waals surface area contributed by atoms with Crippen molar-refractivity contribution in [3.63, 3.8) is 0 Å². The highest BCUT2D eigenvalue weighted by atomic mass is 16.5. The van der Waals surface area contributed by atoms with E-state index in [9.17, 15) is 4.79 Å². The first-order valence-electron chi connectivity index (χ1n) is 3.61. The third-order valence-electron chi connectivity index (χ3n) is 2.14. The summed E-state index contributed by atoms with van der Waals surface area (Å²) in [5, 5.41) is 0. The lowest BCUT2D eigenvalue weighted by Crippen LogP contribution is -2.26. The standard InChI is InChI=1S/C8H10O2/c1-5-2-7-3-6(9)4-8(5)10-7/h2,7-8H,3-4H2,1H3. The van der Waals surface area contributed by atoms with Gasteiger partial charge < -0.3 is 4.74 Å². The van der Waals surface area contributed by atoms with E-state index in [2.05, 4.69) is 6.08 Å². The van der Waals surface area contributed by atoms with Gasteiger partial charge in [0.1, 0.15) is 5.78 Å². The molecule has 0 spiro atoms. The number of ether oxygens (including phenoxy) is 1. The normalized spacial score (nSPS) is 38.1. The van der Waals surface area contributed by atoms with Crippen LogP contribution in [0, 0.1) is 0 Å². The van der Waals surface area contributed by atoms with Crippen molar-refractivity contribution in [2.45, 2.75) is 32.0 Å². The van der Waals surface area contributed by atoms with Gasteiger partial charge >= 0.3 is 0 Å². The molecule has 2 heterocycles. The Kier molecular flexibility index (Phi) is 1.17. The quantitative estimate of drug-likeness (QED) is 0.468. The van der Waals surface area contributed by atoms with Gasteiger partial charge in [0, 0.05) is 12.8 Å². The lowest BCUT2D eigenvalue weighted by Gasteiger charge is -2.19. The Morgan fingerprint density at radius 1 is 1.60 bits per heavy atom. The first kappa shape index (κ1) is 6.10. The summed E-state index contributed by atoms with van der Waals surface area (Å²) in [6.07, 6.45) is 3.47. The topological polar surface area (TPSA) is 26.3 Å². The molecular weight excluding hydrogens is 128 g/mol. The third-order valence-corrected chi connectivity index (χ3v) is 2.14. The zero-order valence-electron chi connectivity index (χ0n) is 5.96. The molecule has 54 valence electrons. The molecule has 2 bridgehead atoms. The Balaban J connectivity index is 2.23. The second-order valence-electron chi connectivity index (χ2n) is 3.02. The Morgan fingerprint density at radius 3 is 3.10 bits per heavy atom. The van der Waals surface area contributed by atoms with Gasteiger partial charge in [0.15, 0.2) is 0 Å². The lowest BCUT2D eigenvalue weighted by molar-refractivity contribution is -0.128. The molecule has 0 aliphatic carbocycles. The first-order valence-corrected chi connectivity index (χ1v) is 3.61. The number of hydrogen-bond acceptors (Lipinski definition) is 2. The van der Waals surface area contributed by atoms with Crippen molar-refractivity contribution < 1.29 is 9.53 Å². The van der Waals surface area contributed by atoms with Gasteiger partial charge in [-0.15, -0.1) is 0 Å². The van der Waals surface area contributed by atoms with E-state index in [1.807, 2.05) is 6.92 Å². The van der Waals surface area contributed by atoms with E-state index in [4.69, 9.17) is 4.74 Å². The van der Waals surface area contributed by atoms with Crippen LogP contribution in [0.1, 0.15) is 19.8 Å². The fourth-order valence-corrected chi connectivity index (χ4v) is 1.59. The zero-order valence-corrected chi connectivity index (χ0v) is 5.96. The van der Waals surface area contributed by atoms with E-state index < -0.39 is 0 Å². The Bertz CT molecular complexity index is 205. The molecule has 0 N–H and O–H groups in total. The van der Waals surface area contributed by atoms with Crippen LogP contribution < -0.4 is 0 Å². The van der Waals surface area contributed by atoms with Gasteiger partial charge in [0.25, 0.3) is 0 Å². The molecule has 2 unspecified atom stereocenters. The van der Waals surface area contributed by atoms with Crippen LogP contribution in [-0.2, 0) is 9.53 Å². The van der Waals surface area contributed by atoms with Crippen molar-refractivity contribution in [3.8, 4) is 0 Å². The van der Waals surface area contributed by atoms with Crippen LogP contribution in [0.4, 0.5) is 0 Å². The molecule has 1 saturated heterocycles. The number of Topliss-reactive ketones (excluding diaryl/α,β-unsaturated/α-hetero) is 1. The SMILES string of the molecule is CC1=CC2CC(=O)CC1O2. The van der Waals surface area contributed by atoms with Gasteiger partial charge in [0.2, 0.25) is 0 Å². The van der Waals surface area contributed by atoms with E-state index in [0.29, 0.717) is 18.6 Å². The van der Waals surface area contributed by atoms with Gasteiger partial charge in [-0.3, -0.25) is 4.79 Å². The number of fused-ring (bicyclic) bond motifs is 2. The molecule has 0 radical (unpaired) electrons. The smallest absolute Gasteiger partial charge is 0.138 e. The van der Waals surface area contributed by atoms with E-state index in [-0.39, 0.29) is 12.2 Å². The second-order valence-corrected chi connectivity index (χ2v) is 3.02. The molecule has 0 aromatic heterocycles. The third kappa shape index (κ3) is 0.797. The average molecular weight is 138 g/mol. The molecule has 2 atom stereocenters. The Labute approximate surface area is 59.9 Å². The minimum Gasteiger partial charge on any atom is -0.366 e. The summed E-state index contributed by atoms with van der Waals surface area (Å²) in [4.78, 5) is 11.0. The maximum absolute atomic E-state index is 11.0. The summed E-state index contributed by atoms with van der Waals surface area (Å²) in [5.41, 5.74) is 1.23. The largest absolute Gasteiger partial charge is 0.366 e. The van der Waals surface area contributed by atoms with Crippen molar-refractivity contribution in [1.29, 1.82) is 0 Å². The molecule has 2 rings (SSSR count). The molecule has 0 aromatic rings. The van der Waals surface area contributed by atoms with Crippen LogP contribution >= 0.6 is 0 Å². The van der Waals surface area contributed by atoms with Crippen LogP contribution in [0.25, 0.3) is 0 Å². The number of carbonyl (C=O) groups is 1. The van der Waals surface area contributed by atoms with E-state index in [1.165, 1.54) is 5.57 Å². The highest BCUT2D eigenvalue weighted by Gasteiger charge is 2.32. The molecule has 1 fully saturated rings. The molecule has 10 heavy (non-hydrogen) atoms. The summed E-state index contributed by atoms with van der Waals surface area (Å²) < 4.78 is 5.47. The van der Waals surface area contributed by atoms with Crippen molar-refractivity contribution >= 4 is 5.78 Å². The highest BCUT2D eigenvalue weighted by molar-refractivity contribution is 5.81. The minimum absolute atomic E-state index is 0.103. The van der Waals surface area contributed by atoms with Crippen LogP contribution in [0.15, 0.2) is 11.6 Å². The van der Waals surface area contributed by atoms with Crippen LogP contribution in [-0.4, -0.2) is 18.0 Å². The number of carbonyl (C=O) groups excluding carboxylic acids is 1. The lowest BCUT2D eigenvalue weighted by atomic mass is 10.1. The van der Waals surface area contributed by atoms with Crippen molar-refractivity contribution in [2.75, 3.05) is 0 Å². The van der Waals surface area contributed by atoms with E-state index >= 15 is 0 Å². The number of rotatable bonds is 0. The molecule has 2 aliphatic heterocycles. The summed E-state index contributed by atoms with van der Waals surface area (Å²) in [7, 11) is 0. The summed E-state index contributed by atoms with van der Waals surface area (Å²) >= 11 is 0. The van der Waals surface area contributed by atoms with Crippen molar-refractivity contribution in [2.24, 2.45) is 0 Å². The fourth-order valence-electron chi connectivity index (χ4n) is 1.59. The first-order chi connectivity index (χ1) is 4.75.